The summed E-state index contributed by atoms with van der Waals surface area (Å²) in [6.45, 7) is 3.66. The first-order valence-corrected chi connectivity index (χ1v) is 5.03. The molecule has 1 heterocycles. The average molecular weight is 201 g/mol. The summed E-state index contributed by atoms with van der Waals surface area (Å²) < 4.78 is 4.54. The zero-order valence-electron chi connectivity index (χ0n) is 8.66. The minimum atomic E-state index is -0.331. The molecule has 0 aromatic heterocycles. The first-order valence-electron chi connectivity index (χ1n) is 5.03. The molecular formula is C9H19N3O2. The second-order valence-electron chi connectivity index (χ2n) is 3.54. The monoisotopic (exact) mass is 201 g/mol. The molecule has 0 aliphatic carbocycles. The van der Waals surface area contributed by atoms with Gasteiger partial charge < -0.3 is 20.7 Å². The van der Waals surface area contributed by atoms with Crippen LogP contribution in [0.1, 0.15) is 12.8 Å². The largest absolute Gasteiger partial charge is 0.453 e. The summed E-state index contributed by atoms with van der Waals surface area (Å²) in [5.74, 6) is 0. The number of carbonyl (C=O) groups excluding carboxylic acids is 1. The quantitative estimate of drug-likeness (QED) is 0.661. The Morgan fingerprint density at radius 2 is 2.21 bits per heavy atom. The van der Waals surface area contributed by atoms with Crippen LogP contribution in [0.5, 0.6) is 0 Å². The van der Waals surface area contributed by atoms with Gasteiger partial charge in [0.05, 0.1) is 7.11 Å². The van der Waals surface area contributed by atoms with Gasteiger partial charge in [0.25, 0.3) is 0 Å². The van der Waals surface area contributed by atoms with E-state index in [0.29, 0.717) is 6.54 Å². The number of likely N-dealkylation sites (tertiary alicyclic amines) is 1. The molecule has 5 heteroatoms. The van der Waals surface area contributed by atoms with Crippen LogP contribution in [0.15, 0.2) is 0 Å². The van der Waals surface area contributed by atoms with Gasteiger partial charge in [0, 0.05) is 32.2 Å². The van der Waals surface area contributed by atoms with Gasteiger partial charge in [-0.25, -0.2) is 4.79 Å². The molecule has 0 spiro atoms. The highest BCUT2D eigenvalue weighted by molar-refractivity contribution is 5.67. The normalized spacial score (nSPS) is 19.3. The van der Waals surface area contributed by atoms with Gasteiger partial charge in [-0.15, -0.1) is 0 Å². The molecule has 0 unspecified atom stereocenters. The number of amides is 1. The van der Waals surface area contributed by atoms with Gasteiger partial charge in [0.2, 0.25) is 0 Å². The molecule has 1 amide bonds. The smallest absolute Gasteiger partial charge is 0.407 e. The second kappa shape index (κ2) is 5.82. The molecular weight excluding hydrogens is 182 g/mol. The van der Waals surface area contributed by atoms with E-state index in [9.17, 15) is 4.79 Å². The lowest BCUT2D eigenvalue weighted by Gasteiger charge is -2.31. The molecule has 14 heavy (non-hydrogen) atoms. The fraction of sp³-hybridized carbons (Fsp3) is 0.889. The Labute approximate surface area is 84.6 Å². The summed E-state index contributed by atoms with van der Waals surface area (Å²) in [6.07, 6.45) is 1.63. The summed E-state index contributed by atoms with van der Waals surface area (Å²) in [4.78, 5) is 13.2. The van der Waals surface area contributed by atoms with Crippen LogP contribution in [-0.2, 0) is 4.74 Å². The molecule has 1 saturated heterocycles. The van der Waals surface area contributed by atoms with Crippen LogP contribution in [-0.4, -0.2) is 50.3 Å². The highest BCUT2D eigenvalue weighted by Crippen LogP contribution is 2.09. The number of hydrogen-bond donors (Lipinski definition) is 2. The van der Waals surface area contributed by atoms with Gasteiger partial charge in [-0.2, -0.15) is 0 Å². The van der Waals surface area contributed by atoms with Crippen LogP contribution in [0, 0.1) is 0 Å². The van der Waals surface area contributed by atoms with E-state index in [2.05, 4.69) is 15.0 Å². The van der Waals surface area contributed by atoms with Crippen molar-refractivity contribution in [3.8, 4) is 0 Å². The lowest BCUT2D eigenvalue weighted by Crippen LogP contribution is -2.45. The van der Waals surface area contributed by atoms with E-state index in [1.165, 1.54) is 7.11 Å². The van der Waals surface area contributed by atoms with Gasteiger partial charge in [-0.3, -0.25) is 0 Å². The third-order valence-corrected chi connectivity index (χ3v) is 2.54. The number of nitrogens with one attached hydrogen (secondary N) is 1. The zero-order chi connectivity index (χ0) is 10.4. The Hall–Kier alpha value is -0.810. The van der Waals surface area contributed by atoms with Gasteiger partial charge in [-0.1, -0.05) is 0 Å². The van der Waals surface area contributed by atoms with E-state index >= 15 is 0 Å². The topological polar surface area (TPSA) is 67.6 Å². The minimum Gasteiger partial charge on any atom is -0.453 e. The van der Waals surface area contributed by atoms with Crippen molar-refractivity contribution in [3.05, 3.63) is 0 Å². The Kier molecular flexibility index (Phi) is 4.69. The molecule has 0 saturated carbocycles. The molecule has 1 aliphatic rings. The van der Waals surface area contributed by atoms with Crippen LogP contribution < -0.4 is 11.1 Å². The number of methoxy groups -OCH3 is 1. The number of nitrogens with two attached hydrogens (primary N) is 1. The third kappa shape index (κ3) is 3.51. The molecule has 1 rings (SSSR count). The summed E-state index contributed by atoms with van der Waals surface area (Å²) in [6, 6.07) is 0.261. The van der Waals surface area contributed by atoms with Crippen LogP contribution in [0.25, 0.3) is 0 Å². The molecule has 82 valence electrons. The molecule has 1 fully saturated rings. The summed E-state index contributed by atoms with van der Waals surface area (Å²) in [5.41, 5.74) is 5.46. The lowest BCUT2D eigenvalue weighted by molar-refractivity contribution is 0.152. The van der Waals surface area contributed by atoms with E-state index in [-0.39, 0.29) is 12.1 Å². The molecule has 0 aromatic carbocycles. The van der Waals surface area contributed by atoms with Crippen LogP contribution >= 0.6 is 0 Å². The number of carbonyl (C=O) groups is 1. The maximum absolute atomic E-state index is 10.9. The van der Waals surface area contributed by atoms with E-state index in [4.69, 9.17) is 5.73 Å². The predicted octanol–water partition coefficient (Wildman–Crippen LogP) is -0.234. The van der Waals surface area contributed by atoms with Gasteiger partial charge >= 0.3 is 6.09 Å². The average Bonchev–Trinajstić information content (AvgIpc) is 2.21. The van der Waals surface area contributed by atoms with Crippen molar-refractivity contribution >= 4 is 6.09 Å². The Morgan fingerprint density at radius 1 is 1.57 bits per heavy atom. The number of ether oxygens (including phenoxy) is 1. The molecule has 1 aliphatic heterocycles. The Morgan fingerprint density at radius 3 is 2.71 bits per heavy atom. The molecule has 0 aromatic rings. The van der Waals surface area contributed by atoms with Crippen LogP contribution in [0.4, 0.5) is 4.79 Å². The maximum Gasteiger partial charge on any atom is 0.407 e. The lowest BCUT2D eigenvalue weighted by atomic mass is 10.1. The van der Waals surface area contributed by atoms with E-state index in [1.807, 2.05) is 0 Å². The number of rotatable bonds is 3. The second-order valence-corrected chi connectivity index (χ2v) is 3.54. The Balaban J connectivity index is 2.18. The Bertz CT molecular complexity index is 179. The van der Waals surface area contributed by atoms with Crippen molar-refractivity contribution in [3.63, 3.8) is 0 Å². The minimum absolute atomic E-state index is 0.261. The summed E-state index contributed by atoms with van der Waals surface area (Å²) >= 11 is 0. The fourth-order valence-electron chi connectivity index (χ4n) is 1.71. The van der Waals surface area contributed by atoms with Crippen molar-refractivity contribution in [2.24, 2.45) is 5.73 Å². The highest BCUT2D eigenvalue weighted by Gasteiger charge is 2.19. The number of hydrogen-bond acceptors (Lipinski definition) is 4. The number of piperidine rings is 1. The first-order chi connectivity index (χ1) is 6.76. The van der Waals surface area contributed by atoms with Gasteiger partial charge in [-0.05, 0) is 12.8 Å². The SMILES string of the molecule is COC(=O)NC1CCN(CCN)CC1. The first kappa shape index (κ1) is 11.3. The van der Waals surface area contributed by atoms with Gasteiger partial charge in [0.15, 0.2) is 0 Å². The van der Waals surface area contributed by atoms with E-state index in [1.54, 1.807) is 0 Å². The van der Waals surface area contributed by atoms with Crippen molar-refractivity contribution in [1.82, 2.24) is 10.2 Å². The van der Waals surface area contributed by atoms with Crippen LogP contribution in [0.2, 0.25) is 0 Å². The highest BCUT2D eigenvalue weighted by atomic mass is 16.5. The maximum atomic E-state index is 10.9. The fourth-order valence-corrected chi connectivity index (χ4v) is 1.71. The third-order valence-electron chi connectivity index (χ3n) is 2.54. The van der Waals surface area contributed by atoms with E-state index in [0.717, 1.165) is 32.5 Å². The molecule has 3 N–H and O–H groups in total. The molecule has 5 nitrogen and oxygen atoms in total. The number of alkyl carbamates (subject to hydrolysis) is 1. The van der Waals surface area contributed by atoms with Crippen molar-refractivity contribution in [2.75, 3.05) is 33.3 Å². The molecule has 0 bridgehead atoms. The van der Waals surface area contributed by atoms with Crippen molar-refractivity contribution < 1.29 is 9.53 Å². The van der Waals surface area contributed by atoms with Gasteiger partial charge in [0.1, 0.15) is 0 Å². The van der Waals surface area contributed by atoms with Crippen molar-refractivity contribution in [2.45, 2.75) is 18.9 Å². The van der Waals surface area contributed by atoms with E-state index < -0.39 is 0 Å². The zero-order valence-corrected chi connectivity index (χ0v) is 8.66. The summed E-state index contributed by atoms with van der Waals surface area (Å²) in [5, 5.41) is 2.81. The predicted molar refractivity (Wildman–Crippen MR) is 54.1 cm³/mol. The standard InChI is InChI=1S/C9H19N3O2/c1-14-9(13)11-8-2-5-12(6-3-8)7-4-10/h8H,2-7,10H2,1H3,(H,11,13). The number of nitrogens with zero attached hydrogens (tertiary/aromatic N) is 1. The molecule has 0 radical (unpaired) electrons. The summed E-state index contributed by atoms with van der Waals surface area (Å²) in [7, 11) is 1.39. The molecule has 0 atom stereocenters. The van der Waals surface area contributed by atoms with Crippen molar-refractivity contribution in [1.29, 1.82) is 0 Å². The van der Waals surface area contributed by atoms with Crippen LogP contribution in [0.3, 0.4) is 0 Å².